The Balaban J connectivity index is 2.45. The van der Waals surface area contributed by atoms with Crippen molar-refractivity contribution in [1.82, 2.24) is 15.0 Å². The van der Waals surface area contributed by atoms with E-state index in [1.165, 1.54) is 6.08 Å². The maximum atomic E-state index is 6.17. The second kappa shape index (κ2) is 8.22. The molecule has 0 bridgehead atoms. The van der Waals surface area contributed by atoms with Gasteiger partial charge in [-0.05, 0) is 35.9 Å². The maximum Gasteiger partial charge on any atom is 0.250 e. The predicted octanol–water partition coefficient (Wildman–Crippen LogP) is 6.36. The first-order valence-electron chi connectivity index (χ1n) is 6.43. The Hall–Kier alpha value is -0.200. The van der Waals surface area contributed by atoms with E-state index in [1.54, 1.807) is 31.4 Å². The highest BCUT2D eigenvalue weighted by Crippen LogP contribution is 2.40. The molecule has 134 valence electrons. The minimum absolute atomic E-state index is 0.129. The molecule has 0 aliphatic carbocycles. The van der Waals surface area contributed by atoms with Crippen LogP contribution < -0.4 is 4.74 Å². The monoisotopic (exact) mass is 479 g/mol. The lowest BCUT2D eigenvalue weighted by atomic mass is 10.2. The van der Waals surface area contributed by atoms with Crippen LogP contribution in [-0.4, -0.2) is 22.1 Å². The van der Waals surface area contributed by atoms with Crippen LogP contribution >= 0.6 is 81.2 Å². The Labute approximate surface area is 179 Å². The smallest absolute Gasteiger partial charge is 0.250 e. The Bertz CT molecular complexity index is 768. The third kappa shape index (κ3) is 5.90. The van der Waals surface area contributed by atoms with Crippen LogP contribution in [0.2, 0.25) is 5.02 Å². The molecule has 11 heteroatoms. The lowest BCUT2D eigenvalue weighted by Gasteiger charge is -2.14. The maximum absolute atomic E-state index is 6.17. The molecule has 0 radical (unpaired) electrons. The van der Waals surface area contributed by atoms with Gasteiger partial charge in [-0.3, -0.25) is 0 Å². The van der Waals surface area contributed by atoms with E-state index in [2.05, 4.69) is 15.0 Å². The van der Waals surface area contributed by atoms with E-state index >= 15 is 0 Å². The van der Waals surface area contributed by atoms with Gasteiger partial charge < -0.3 is 4.74 Å². The van der Waals surface area contributed by atoms with Crippen LogP contribution in [0.15, 0.2) is 18.2 Å². The summed E-state index contributed by atoms with van der Waals surface area (Å²) >= 11 is 41.1. The van der Waals surface area contributed by atoms with E-state index in [1.807, 2.05) is 0 Å². The lowest BCUT2D eigenvalue weighted by Crippen LogP contribution is -2.16. The van der Waals surface area contributed by atoms with Crippen molar-refractivity contribution in [3.63, 3.8) is 0 Å². The Morgan fingerprint density at radius 2 is 1.44 bits per heavy atom. The van der Waals surface area contributed by atoms with Gasteiger partial charge in [0, 0.05) is 0 Å². The molecule has 0 N–H and O–H groups in total. The molecule has 0 saturated heterocycles. The van der Waals surface area contributed by atoms with E-state index in [4.69, 9.17) is 85.9 Å². The van der Waals surface area contributed by atoms with Gasteiger partial charge in [-0.15, -0.1) is 0 Å². The zero-order chi connectivity index (χ0) is 18.8. The van der Waals surface area contributed by atoms with Crippen molar-refractivity contribution in [2.24, 2.45) is 0 Å². The van der Waals surface area contributed by atoms with Gasteiger partial charge in [0.25, 0.3) is 0 Å². The lowest BCUT2D eigenvalue weighted by molar-refractivity contribution is 0.415. The number of hydrogen-bond acceptors (Lipinski definition) is 4. The fraction of sp³-hybridized carbons (Fsp3) is 0.214. The number of hydrogen-bond donors (Lipinski definition) is 0. The van der Waals surface area contributed by atoms with Crippen molar-refractivity contribution in [2.45, 2.75) is 7.59 Å². The van der Waals surface area contributed by atoms with Gasteiger partial charge in [-0.25, -0.2) is 15.0 Å². The molecule has 25 heavy (non-hydrogen) atoms. The molecule has 4 nitrogen and oxygen atoms in total. The Kier molecular flexibility index (Phi) is 6.94. The summed E-state index contributed by atoms with van der Waals surface area (Å²) in [6.45, 7) is 0. The molecule has 1 aromatic heterocycles. The number of rotatable bonds is 3. The summed E-state index contributed by atoms with van der Waals surface area (Å²) in [5, 5.41) is 0.466. The highest BCUT2D eigenvalue weighted by Gasteiger charge is 2.33. The first kappa shape index (κ1) is 21.1. The van der Waals surface area contributed by atoms with Crippen molar-refractivity contribution in [3.05, 3.63) is 46.3 Å². The number of halogens is 7. The topological polar surface area (TPSA) is 47.9 Å². The van der Waals surface area contributed by atoms with Crippen LogP contribution in [0.3, 0.4) is 0 Å². The molecule has 0 spiro atoms. The normalized spacial score (nSPS) is 12.6. The van der Waals surface area contributed by atoms with E-state index in [-0.39, 0.29) is 17.5 Å². The van der Waals surface area contributed by atoms with Crippen LogP contribution in [-0.2, 0) is 7.59 Å². The summed E-state index contributed by atoms with van der Waals surface area (Å²) < 4.78 is 1.27. The van der Waals surface area contributed by atoms with E-state index in [0.717, 1.165) is 0 Å². The van der Waals surface area contributed by atoms with Gasteiger partial charge >= 0.3 is 0 Å². The summed E-state index contributed by atoms with van der Waals surface area (Å²) in [5.41, 5.74) is 0.689. The molecule has 2 rings (SSSR count). The van der Waals surface area contributed by atoms with E-state index in [9.17, 15) is 0 Å². The molecule has 0 aliphatic rings. The minimum Gasteiger partial charge on any atom is -0.497 e. The molecule has 0 fully saturated rings. The fourth-order valence-electron chi connectivity index (χ4n) is 1.65. The number of nitrogens with zero attached hydrogens (tertiary/aromatic N) is 3. The van der Waals surface area contributed by atoms with E-state index < -0.39 is 7.59 Å². The van der Waals surface area contributed by atoms with Gasteiger partial charge in [0.05, 0.1) is 12.1 Å². The highest BCUT2D eigenvalue weighted by atomic mass is 35.6. The highest BCUT2D eigenvalue weighted by molar-refractivity contribution is 6.67. The molecule has 1 aromatic carbocycles. The zero-order valence-electron chi connectivity index (χ0n) is 12.3. The summed E-state index contributed by atoms with van der Waals surface area (Å²) in [5.74, 6) is 0.410. The predicted molar refractivity (Wildman–Crippen MR) is 105 cm³/mol. The summed E-state index contributed by atoms with van der Waals surface area (Å²) in [6.07, 6.45) is 3.18. The molecule has 0 atom stereocenters. The van der Waals surface area contributed by atoms with E-state index in [0.29, 0.717) is 16.3 Å². The SMILES string of the molecule is COc1ccc(C=Cc2nc(C(Cl)(Cl)Cl)nc(C(Cl)(Cl)Cl)n2)c(Cl)c1. The van der Waals surface area contributed by atoms with Gasteiger partial charge in [-0.2, -0.15) is 0 Å². The summed E-state index contributed by atoms with van der Waals surface area (Å²) in [4.78, 5) is 12.0. The molecule has 0 amide bonds. The van der Waals surface area contributed by atoms with Gasteiger partial charge in [0.15, 0.2) is 17.5 Å². The first-order chi connectivity index (χ1) is 11.5. The molecule has 0 aliphatic heterocycles. The van der Waals surface area contributed by atoms with Crippen LogP contribution in [0.1, 0.15) is 23.0 Å². The third-order valence-electron chi connectivity index (χ3n) is 2.78. The third-order valence-corrected chi connectivity index (χ3v) is 4.12. The van der Waals surface area contributed by atoms with Crippen molar-refractivity contribution < 1.29 is 4.74 Å². The number of ether oxygens (including phenoxy) is 1. The number of methoxy groups -OCH3 is 1. The fourth-order valence-corrected chi connectivity index (χ4v) is 2.40. The first-order valence-corrected chi connectivity index (χ1v) is 9.07. The summed E-state index contributed by atoms with van der Waals surface area (Å²) in [7, 11) is 1.54. The molecule has 0 unspecified atom stereocenters. The minimum atomic E-state index is -1.91. The number of benzene rings is 1. The molecule has 1 heterocycles. The van der Waals surface area contributed by atoms with Crippen molar-refractivity contribution in [3.8, 4) is 5.75 Å². The number of aromatic nitrogens is 3. The van der Waals surface area contributed by atoms with Gasteiger partial charge in [0.2, 0.25) is 7.59 Å². The molecular formula is C14H8Cl7N3O. The second-order valence-corrected chi connectivity index (χ2v) is 9.53. The second-order valence-electron chi connectivity index (χ2n) is 4.56. The van der Waals surface area contributed by atoms with Crippen molar-refractivity contribution in [2.75, 3.05) is 7.11 Å². The average molecular weight is 482 g/mol. The largest absolute Gasteiger partial charge is 0.497 e. The van der Waals surface area contributed by atoms with Crippen LogP contribution in [0, 0.1) is 0 Å². The molecular weight excluding hydrogens is 474 g/mol. The molecule has 0 saturated carbocycles. The van der Waals surface area contributed by atoms with Gasteiger partial charge in [0.1, 0.15) is 5.75 Å². The Morgan fingerprint density at radius 1 is 0.880 bits per heavy atom. The molecule has 2 aromatic rings. The van der Waals surface area contributed by atoms with Crippen LogP contribution in [0.25, 0.3) is 12.2 Å². The standard InChI is InChI=1S/C14H8Cl7N3O/c1-25-8-4-2-7(9(15)6-8)3-5-10-22-11(13(16,17)18)24-12(23-10)14(19,20)21/h2-6H,1H3. The van der Waals surface area contributed by atoms with Crippen molar-refractivity contribution >= 4 is 93.4 Å². The van der Waals surface area contributed by atoms with Crippen molar-refractivity contribution in [1.29, 1.82) is 0 Å². The average Bonchev–Trinajstić information content (AvgIpc) is 2.51. The van der Waals surface area contributed by atoms with Crippen LogP contribution in [0.4, 0.5) is 0 Å². The Morgan fingerprint density at radius 3 is 1.88 bits per heavy atom. The van der Waals surface area contributed by atoms with Gasteiger partial charge in [-0.1, -0.05) is 81.2 Å². The quantitative estimate of drug-likeness (QED) is 0.478. The summed E-state index contributed by atoms with van der Waals surface area (Å²) in [6, 6.07) is 5.16. The number of alkyl halides is 6. The van der Waals surface area contributed by atoms with Crippen LogP contribution in [0.5, 0.6) is 5.75 Å². The zero-order valence-corrected chi connectivity index (χ0v) is 17.6.